The van der Waals surface area contributed by atoms with Crippen LogP contribution in [0.4, 0.5) is 0 Å². The first kappa shape index (κ1) is 12.1. The number of hydrogen-bond donors (Lipinski definition) is 1. The van der Waals surface area contributed by atoms with E-state index in [2.05, 4.69) is 25.2 Å². The first-order chi connectivity index (χ1) is 8.53. The number of halogens is 1. The van der Waals surface area contributed by atoms with Crippen LogP contribution in [-0.2, 0) is 0 Å². The van der Waals surface area contributed by atoms with Gasteiger partial charge in [-0.05, 0) is 36.9 Å². The van der Waals surface area contributed by atoms with Crippen molar-refractivity contribution >= 4 is 22.6 Å². The molecule has 2 unspecified atom stereocenters. The summed E-state index contributed by atoms with van der Waals surface area (Å²) in [5, 5.41) is 5.14. The van der Waals surface area contributed by atoms with Crippen LogP contribution in [0.5, 0.6) is 0 Å². The molecular weight excluding hydrogens is 246 g/mol. The van der Waals surface area contributed by atoms with Gasteiger partial charge in [-0.1, -0.05) is 37.6 Å². The molecule has 2 aromatic rings. The molecule has 0 amide bonds. The minimum atomic E-state index is 0.281. The topological polar surface area (TPSA) is 25.2 Å². The van der Waals surface area contributed by atoms with Crippen LogP contribution < -0.4 is 5.32 Å². The zero-order valence-electron chi connectivity index (χ0n) is 11.0. The molecule has 0 bridgehead atoms. The Morgan fingerprint density at radius 1 is 1.44 bits per heavy atom. The van der Waals surface area contributed by atoms with Gasteiger partial charge in [0.2, 0.25) is 0 Å². The largest absolute Gasteiger partial charge is 0.458 e. The Bertz CT molecular complexity index is 587. The third-order valence-electron chi connectivity index (χ3n) is 4.12. The zero-order valence-corrected chi connectivity index (χ0v) is 11.7. The van der Waals surface area contributed by atoms with Crippen LogP contribution >= 0.6 is 11.6 Å². The molecule has 0 aliphatic heterocycles. The van der Waals surface area contributed by atoms with Crippen molar-refractivity contribution in [2.75, 3.05) is 7.05 Å². The summed E-state index contributed by atoms with van der Waals surface area (Å²) in [5.41, 5.74) is 1.21. The van der Waals surface area contributed by atoms with E-state index in [0.717, 1.165) is 16.7 Å². The molecule has 0 spiro atoms. The molecule has 96 valence electrons. The third-order valence-corrected chi connectivity index (χ3v) is 4.42. The lowest BCUT2D eigenvalue weighted by molar-refractivity contribution is 0.377. The van der Waals surface area contributed by atoms with E-state index in [1.54, 1.807) is 0 Å². The lowest BCUT2D eigenvalue weighted by Gasteiger charge is -2.15. The number of para-hydroxylation sites is 1. The predicted octanol–water partition coefficient (Wildman–Crippen LogP) is 4.39. The fourth-order valence-electron chi connectivity index (χ4n) is 2.82. The first-order valence-corrected chi connectivity index (χ1v) is 6.76. The maximum atomic E-state index is 6.16. The minimum Gasteiger partial charge on any atom is -0.458 e. The molecule has 1 fully saturated rings. The summed E-state index contributed by atoms with van der Waals surface area (Å²) < 4.78 is 5.95. The van der Waals surface area contributed by atoms with Crippen molar-refractivity contribution in [2.45, 2.75) is 26.3 Å². The molecule has 3 heteroatoms. The van der Waals surface area contributed by atoms with Crippen LogP contribution in [0.25, 0.3) is 11.0 Å². The maximum Gasteiger partial charge on any atom is 0.152 e. The van der Waals surface area contributed by atoms with Crippen molar-refractivity contribution in [3.63, 3.8) is 0 Å². The predicted molar refractivity (Wildman–Crippen MR) is 74.9 cm³/mol. The second kappa shape index (κ2) is 4.01. The molecular formula is C15H18ClNO. The van der Waals surface area contributed by atoms with Crippen LogP contribution in [0.15, 0.2) is 28.7 Å². The number of nitrogens with one attached hydrogen (secondary N) is 1. The fourth-order valence-corrected chi connectivity index (χ4v) is 3.04. The van der Waals surface area contributed by atoms with Crippen molar-refractivity contribution in [1.29, 1.82) is 0 Å². The monoisotopic (exact) mass is 263 g/mol. The van der Waals surface area contributed by atoms with Crippen molar-refractivity contribution in [3.8, 4) is 0 Å². The van der Waals surface area contributed by atoms with E-state index in [1.807, 2.05) is 25.2 Å². The SMILES string of the molecule is CNC(c1cc2cccc(Cl)c2o1)C1CC1(C)C. The van der Waals surface area contributed by atoms with Crippen molar-refractivity contribution in [3.05, 3.63) is 35.0 Å². The number of furan rings is 1. The Hall–Kier alpha value is -0.990. The van der Waals surface area contributed by atoms with E-state index >= 15 is 0 Å². The quantitative estimate of drug-likeness (QED) is 0.888. The number of rotatable bonds is 3. The molecule has 1 aliphatic rings. The van der Waals surface area contributed by atoms with Gasteiger partial charge in [-0.2, -0.15) is 0 Å². The fraction of sp³-hybridized carbons (Fsp3) is 0.467. The molecule has 18 heavy (non-hydrogen) atoms. The Balaban J connectivity index is 2.01. The average Bonchev–Trinajstić information content (AvgIpc) is 2.76. The number of benzene rings is 1. The van der Waals surface area contributed by atoms with E-state index in [4.69, 9.17) is 16.0 Å². The summed E-state index contributed by atoms with van der Waals surface area (Å²) in [6.45, 7) is 4.61. The molecule has 1 aliphatic carbocycles. The van der Waals surface area contributed by atoms with Gasteiger partial charge in [-0.25, -0.2) is 0 Å². The van der Waals surface area contributed by atoms with Gasteiger partial charge < -0.3 is 9.73 Å². The highest BCUT2D eigenvalue weighted by Crippen LogP contribution is 2.58. The van der Waals surface area contributed by atoms with E-state index in [9.17, 15) is 0 Å². The van der Waals surface area contributed by atoms with Crippen molar-refractivity contribution in [1.82, 2.24) is 5.32 Å². The smallest absolute Gasteiger partial charge is 0.152 e. The molecule has 0 radical (unpaired) electrons. The Morgan fingerprint density at radius 3 is 2.72 bits per heavy atom. The van der Waals surface area contributed by atoms with Crippen molar-refractivity contribution < 1.29 is 4.42 Å². The van der Waals surface area contributed by atoms with Gasteiger partial charge in [0.15, 0.2) is 5.58 Å². The standard InChI is InChI=1S/C15H18ClNO/c1-15(2)8-10(15)13(17-3)12-7-9-5-4-6-11(16)14(9)18-12/h4-7,10,13,17H,8H2,1-3H3. The highest BCUT2D eigenvalue weighted by molar-refractivity contribution is 6.34. The summed E-state index contributed by atoms with van der Waals surface area (Å²) in [4.78, 5) is 0. The van der Waals surface area contributed by atoms with Crippen molar-refractivity contribution in [2.24, 2.45) is 11.3 Å². The lowest BCUT2D eigenvalue weighted by atomic mass is 10.0. The van der Waals surface area contributed by atoms with Gasteiger partial charge in [0.25, 0.3) is 0 Å². The molecule has 3 rings (SSSR count). The van der Waals surface area contributed by atoms with Gasteiger partial charge in [0.05, 0.1) is 11.1 Å². The van der Waals surface area contributed by atoms with Gasteiger partial charge >= 0.3 is 0 Å². The third kappa shape index (κ3) is 1.84. The molecule has 1 saturated carbocycles. The molecule has 1 N–H and O–H groups in total. The highest BCUT2D eigenvalue weighted by Gasteiger charge is 2.51. The Morgan fingerprint density at radius 2 is 2.17 bits per heavy atom. The normalized spacial score (nSPS) is 23.2. The van der Waals surface area contributed by atoms with Crippen LogP contribution in [0.1, 0.15) is 32.1 Å². The zero-order chi connectivity index (χ0) is 12.9. The molecule has 0 saturated heterocycles. The van der Waals surface area contributed by atoms with Gasteiger partial charge in [-0.15, -0.1) is 0 Å². The van der Waals surface area contributed by atoms with Gasteiger partial charge in [0, 0.05) is 5.39 Å². The Kier molecular flexibility index (Phi) is 2.68. The summed E-state index contributed by atoms with van der Waals surface area (Å²) in [5.74, 6) is 1.64. The Labute approximate surface area is 112 Å². The van der Waals surface area contributed by atoms with E-state index in [0.29, 0.717) is 16.4 Å². The second-order valence-corrected chi connectivity index (χ2v) is 6.28. The van der Waals surface area contributed by atoms with E-state index < -0.39 is 0 Å². The molecule has 2 atom stereocenters. The van der Waals surface area contributed by atoms with Gasteiger partial charge in [0.1, 0.15) is 5.76 Å². The van der Waals surface area contributed by atoms with Crippen LogP contribution in [0.2, 0.25) is 5.02 Å². The lowest BCUT2D eigenvalue weighted by Crippen LogP contribution is -2.19. The van der Waals surface area contributed by atoms with Crippen LogP contribution in [0, 0.1) is 11.3 Å². The maximum absolute atomic E-state index is 6.16. The molecule has 1 aromatic carbocycles. The summed E-state index contributed by atoms with van der Waals surface area (Å²) in [7, 11) is 1.99. The van der Waals surface area contributed by atoms with Crippen LogP contribution in [-0.4, -0.2) is 7.05 Å². The second-order valence-electron chi connectivity index (χ2n) is 5.87. The highest BCUT2D eigenvalue weighted by atomic mass is 35.5. The first-order valence-electron chi connectivity index (χ1n) is 6.38. The van der Waals surface area contributed by atoms with E-state index in [-0.39, 0.29) is 6.04 Å². The number of fused-ring (bicyclic) bond motifs is 1. The minimum absolute atomic E-state index is 0.281. The van der Waals surface area contributed by atoms with Gasteiger partial charge in [-0.3, -0.25) is 0 Å². The average molecular weight is 264 g/mol. The summed E-state index contributed by atoms with van der Waals surface area (Å²) in [6.07, 6.45) is 1.24. The van der Waals surface area contributed by atoms with Crippen LogP contribution in [0.3, 0.4) is 0 Å². The molecule has 1 heterocycles. The molecule has 1 aromatic heterocycles. The summed E-state index contributed by atoms with van der Waals surface area (Å²) in [6, 6.07) is 8.25. The summed E-state index contributed by atoms with van der Waals surface area (Å²) >= 11 is 6.16. The van der Waals surface area contributed by atoms with E-state index in [1.165, 1.54) is 6.42 Å². The number of hydrogen-bond acceptors (Lipinski definition) is 2. The molecule has 2 nitrogen and oxygen atoms in total.